The summed E-state index contributed by atoms with van der Waals surface area (Å²) >= 11 is 0. The van der Waals surface area contributed by atoms with E-state index in [1.165, 1.54) is 37.2 Å². The third kappa shape index (κ3) is 2.15. The van der Waals surface area contributed by atoms with Crippen LogP contribution in [0.15, 0.2) is 6.20 Å². The van der Waals surface area contributed by atoms with Crippen LogP contribution in [0.5, 0.6) is 0 Å². The molecule has 0 aliphatic heterocycles. The molecule has 14 heavy (non-hydrogen) atoms. The van der Waals surface area contributed by atoms with Crippen LogP contribution in [0.25, 0.3) is 0 Å². The van der Waals surface area contributed by atoms with Gasteiger partial charge in [0.25, 0.3) is 0 Å². The van der Waals surface area contributed by atoms with Crippen molar-refractivity contribution in [2.75, 3.05) is 0 Å². The van der Waals surface area contributed by atoms with Crippen molar-refractivity contribution in [1.29, 1.82) is 0 Å². The lowest BCUT2D eigenvalue weighted by atomic mass is 10.3. The molecule has 1 aromatic heterocycles. The Bertz CT molecular complexity index is 310. The van der Waals surface area contributed by atoms with Gasteiger partial charge in [0.2, 0.25) is 0 Å². The molecule has 0 amide bonds. The second kappa shape index (κ2) is 3.39. The standard InChI is InChI=1S/C11H17N3/c1-2-8(1)5-11-13-7-10(14-11)6-12-9-3-4-9/h7-9,12H,1-6H2,(H,13,14). The highest BCUT2D eigenvalue weighted by Crippen LogP contribution is 2.31. The highest BCUT2D eigenvalue weighted by atomic mass is 15.0. The lowest BCUT2D eigenvalue weighted by Crippen LogP contribution is -2.15. The maximum absolute atomic E-state index is 4.40. The van der Waals surface area contributed by atoms with E-state index in [2.05, 4.69) is 15.3 Å². The van der Waals surface area contributed by atoms with Gasteiger partial charge in [-0.3, -0.25) is 0 Å². The predicted octanol–water partition coefficient (Wildman–Crippen LogP) is 1.61. The Morgan fingerprint density at radius 2 is 2.21 bits per heavy atom. The van der Waals surface area contributed by atoms with Crippen molar-refractivity contribution in [3.8, 4) is 0 Å². The Morgan fingerprint density at radius 3 is 2.93 bits per heavy atom. The van der Waals surface area contributed by atoms with Crippen molar-refractivity contribution in [3.05, 3.63) is 17.7 Å². The third-order valence-electron chi connectivity index (χ3n) is 3.02. The Morgan fingerprint density at radius 1 is 1.36 bits per heavy atom. The summed E-state index contributed by atoms with van der Waals surface area (Å²) < 4.78 is 0. The van der Waals surface area contributed by atoms with E-state index in [4.69, 9.17) is 0 Å². The second-order valence-electron chi connectivity index (χ2n) is 4.66. The third-order valence-corrected chi connectivity index (χ3v) is 3.02. The molecule has 0 radical (unpaired) electrons. The van der Waals surface area contributed by atoms with Crippen molar-refractivity contribution in [2.45, 2.75) is 44.7 Å². The van der Waals surface area contributed by atoms with Gasteiger partial charge in [-0.25, -0.2) is 4.98 Å². The van der Waals surface area contributed by atoms with Gasteiger partial charge in [-0.2, -0.15) is 0 Å². The van der Waals surface area contributed by atoms with E-state index in [1.54, 1.807) is 0 Å². The average Bonchev–Trinajstić information content (AvgIpc) is 3.06. The van der Waals surface area contributed by atoms with Crippen molar-refractivity contribution in [1.82, 2.24) is 15.3 Å². The summed E-state index contributed by atoms with van der Waals surface area (Å²) in [5.74, 6) is 2.10. The number of hydrogen-bond acceptors (Lipinski definition) is 2. The normalized spacial score (nSPS) is 21.4. The molecular weight excluding hydrogens is 174 g/mol. The molecule has 0 unspecified atom stereocenters. The summed E-state index contributed by atoms with van der Waals surface area (Å²) in [6.07, 6.45) is 8.63. The summed E-state index contributed by atoms with van der Waals surface area (Å²) in [5.41, 5.74) is 1.24. The molecule has 2 aliphatic rings. The molecule has 0 atom stereocenters. The highest BCUT2D eigenvalue weighted by Gasteiger charge is 2.23. The van der Waals surface area contributed by atoms with E-state index in [-0.39, 0.29) is 0 Å². The van der Waals surface area contributed by atoms with E-state index in [0.29, 0.717) is 0 Å². The molecule has 2 N–H and O–H groups in total. The number of aromatic amines is 1. The van der Waals surface area contributed by atoms with Crippen LogP contribution in [0.2, 0.25) is 0 Å². The molecule has 3 rings (SSSR count). The smallest absolute Gasteiger partial charge is 0.106 e. The average molecular weight is 191 g/mol. The minimum Gasteiger partial charge on any atom is -0.345 e. The number of rotatable bonds is 5. The Kier molecular flexibility index (Phi) is 2.05. The lowest BCUT2D eigenvalue weighted by molar-refractivity contribution is 0.673. The minimum absolute atomic E-state index is 0.783. The first-order valence-corrected chi connectivity index (χ1v) is 5.66. The number of imidazole rings is 1. The number of hydrogen-bond donors (Lipinski definition) is 2. The SMILES string of the molecule is c1nc(CC2CC2)[nH]c1CNC1CC1. The summed E-state index contributed by atoms with van der Waals surface area (Å²) in [7, 11) is 0. The first-order valence-electron chi connectivity index (χ1n) is 5.66. The van der Waals surface area contributed by atoms with E-state index >= 15 is 0 Å². The summed E-state index contributed by atoms with van der Waals surface area (Å²) in [4.78, 5) is 7.79. The van der Waals surface area contributed by atoms with Crippen molar-refractivity contribution >= 4 is 0 Å². The maximum atomic E-state index is 4.40. The van der Waals surface area contributed by atoms with Crippen LogP contribution >= 0.6 is 0 Å². The second-order valence-corrected chi connectivity index (χ2v) is 4.66. The van der Waals surface area contributed by atoms with E-state index < -0.39 is 0 Å². The van der Waals surface area contributed by atoms with Gasteiger partial charge < -0.3 is 10.3 Å². The number of nitrogens with one attached hydrogen (secondary N) is 2. The first-order chi connectivity index (χ1) is 6.90. The van der Waals surface area contributed by atoms with Gasteiger partial charge in [-0.05, 0) is 31.6 Å². The zero-order chi connectivity index (χ0) is 9.38. The predicted molar refractivity (Wildman–Crippen MR) is 54.9 cm³/mol. The van der Waals surface area contributed by atoms with Crippen molar-refractivity contribution in [2.24, 2.45) is 5.92 Å². The topological polar surface area (TPSA) is 40.7 Å². The molecule has 2 fully saturated rings. The fraction of sp³-hybridized carbons (Fsp3) is 0.727. The van der Waals surface area contributed by atoms with Gasteiger partial charge >= 0.3 is 0 Å². The Balaban J connectivity index is 1.52. The zero-order valence-electron chi connectivity index (χ0n) is 8.42. The van der Waals surface area contributed by atoms with Crippen molar-refractivity contribution in [3.63, 3.8) is 0 Å². The summed E-state index contributed by atoms with van der Waals surface area (Å²) in [6, 6.07) is 0.783. The fourth-order valence-corrected chi connectivity index (χ4v) is 1.74. The van der Waals surface area contributed by atoms with Gasteiger partial charge in [0.05, 0.1) is 0 Å². The van der Waals surface area contributed by atoms with Gasteiger partial charge in [-0.1, -0.05) is 0 Å². The lowest BCUT2D eigenvalue weighted by Gasteiger charge is -1.98. The molecule has 3 heteroatoms. The molecule has 0 spiro atoms. The Hall–Kier alpha value is -0.830. The minimum atomic E-state index is 0.783. The van der Waals surface area contributed by atoms with E-state index in [9.17, 15) is 0 Å². The first kappa shape index (κ1) is 8.48. The molecule has 1 aromatic rings. The molecule has 0 bridgehead atoms. The molecule has 0 aromatic carbocycles. The van der Waals surface area contributed by atoms with Gasteiger partial charge in [0.15, 0.2) is 0 Å². The maximum Gasteiger partial charge on any atom is 0.106 e. The number of H-pyrrole nitrogens is 1. The number of aromatic nitrogens is 2. The number of nitrogens with zero attached hydrogens (tertiary/aromatic N) is 1. The molecule has 2 aliphatic carbocycles. The molecular formula is C11H17N3. The van der Waals surface area contributed by atoms with E-state index in [0.717, 1.165) is 24.9 Å². The molecule has 0 saturated heterocycles. The fourth-order valence-electron chi connectivity index (χ4n) is 1.74. The van der Waals surface area contributed by atoms with Crippen LogP contribution in [0.1, 0.15) is 37.2 Å². The van der Waals surface area contributed by atoms with Gasteiger partial charge in [0.1, 0.15) is 5.82 Å². The van der Waals surface area contributed by atoms with Crippen LogP contribution in [-0.2, 0) is 13.0 Å². The largest absolute Gasteiger partial charge is 0.345 e. The van der Waals surface area contributed by atoms with Crippen molar-refractivity contribution < 1.29 is 0 Å². The van der Waals surface area contributed by atoms with Crippen LogP contribution in [0.3, 0.4) is 0 Å². The molecule has 2 saturated carbocycles. The summed E-state index contributed by atoms with van der Waals surface area (Å²) in [5, 5.41) is 3.48. The summed E-state index contributed by atoms with van der Waals surface area (Å²) in [6.45, 7) is 0.961. The molecule has 76 valence electrons. The van der Waals surface area contributed by atoms with Crippen LogP contribution in [0.4, 0.5) is 0 Å². The van der Waals surface area contributed by atoms with Crippen LogP contribution in [-0.4, -0.2) is 16.0 Å². The highest BCUT2D eigenvalue weighted by molar-refractivity contribution is 5.03. The van der Waals surface area contributed by atoms with Crippen LogP contribution in [0, 0.1) is 5.92 Å². The molecule has 1 heterocycles. The van der Waals surface area contributed by atoms with Gasteiger partial charge in [-0.15, -0.1) is 0 Å². The molecule has 3 nitrogen and oxygen atoms in total. The zero-order valence-corrected chi connectivity index (χ0v) is 8.42. The van der Waals surface area contributed by atoms with Crippen LogP contribution < -0.4 is 5.32 Å². The quantitative estimate of drug-likeness (QED) is 0.742. The van der Waals surface area contributed by atoms with E-state index in [1.807, 2.05) is 6.20 Å². The monoisotopic (exact) mass is 191 g/mol. The Labute approximate surface area is 84.3 Å². The van der Waals surface area contributed by atoms with Gasteiger partial charge in [0, 0.05) is 30.9 Å².